The van der Waals surface area contributed by atoms with Crippen molar-refractivity contribution in [2.45, 2.75) is 18.9 Å². The molecule has 128 valence electrons. The number of carbonyl (C=O) groups excluding carboxylic acids is 1. The first-order valence-electron chi connectivity index (χ1n) is 7.86. The van der Waals surface area contributed by atoms with Gasteiger partial charge in [-0.3, -0.25) is 4.79 Å². The van der Waals surface area contributed by atoms with Gasteiger partial charge in [-0.05, 0) is 40.1 Å². The SMILES string of the molecule is O=C(Cc1ccc2c(c1)OCO2)N[C@H](Cc1ccsc1)c1nccs1. The maximum Gasteiger partial charge on any atom is 0.231 e. The third-order valence-electron chi connectivity index (χ3n) is 3.91. The number of carbonyl (C=O) groups is 1. The van der Waals surface area contributed by atoms with E-state index in [2.05, 4.69) is 21.7 Å². The van der Waals surface area contributed by atoms with Crippen LogP contribution in [0.15, 0.2) is 46.6 Å². The molecular formula is C18H16N2O3S2. The molecule has 1 atom stereocenters. The van der Waals surface area contributed by atoms with E-state index in [1.165, 1.54) is 5.56 Å². The van der Waals surface area contributed by atoms with E-state index >= 15 is 0 Å². The Bertz CT molecular complexity index is 847. The molecule has 0 unspecified atom stereocenters. The van der Waals surface area contributed by atoms with Crippen molar-refractivity contribution in [2.24, 2.45) is 0 Å². The van der Waals surface area contributed by atoms with Gasteiger partial charge in [0.2, 0.25) is 12.7 Å². The van der Waals surface area contributed by atoms with Gasteiger partial charge >= 0.3 is 0 Å². The smallest absolute Gasteiger partial charge is 0.231 e. The zero-order chi connectivity index (χ0) is 17.1. The quantitative estimate of drug-likeness (QED) is 0.718. The molecule has 0 bridgehead atoms. The van der Waals surface area contributed by atoms with Crippen molar-refractivity contribution in [3.8, 4) is 11.5 Å². The van der Waals surface area contributed by atoms with Crippen LogP contribution in [0.2, 0.25) is 0 Å². The van der Waals surface area contributed by atoms with E-state index in [0.717, 1.165) is 22.7 Å². The Balaban J connectivity index is 1.45. The summed E-state index contributed by atoms with van der Waals surface area (Å²) in [6.07, 6.45) is 2.80. The molecule has 25 heavy (non-hydrogen) atoms. The zero-order valence-corrected chi connectivity index (χ0v) is 14.9. The molecule has 0 saturated heterocycles. The van der Waals surface area contributed by atoms with Crippen molar-refractivity contribution in [1.29, 1.82) is 0 Å². The molecule has 0 fully saturated rings. The van der Waals surface area contributed by atoms with Crippen LogP contribution in [0.1, 0.15) is 22.2 Å². The minimum absolute atomic E-state index is 0.0331. The minimum Gasteiger partial charge on any atom is -0.454 e. The first-order chi connectivity index (χ1) is 12.3. The number of thiazole rings is 1. The fraction of sp³-hybridized carbons (Fsp3) is 0.222. The molecule has 3 heterocycles. The first kappa shape index (κ1) is 16.1. The number of benzene rings is 1. The highest BCUT2D eigenvalue weighted by molar-refractivity contribution is 7.09. The third kappa shape index (κ3) is 3.83. The van der Waals surface area contributed by atoms with Crippen molar-refractivity contribution >= 4 is 28.6 Å². The Morgan fingerprint density at radius 2 is 2.12 bits per heavy atom. The molecule has 5 nitrogen and oxygen atoms in total. The van der Waals surface area contributed by atoms with E-state index in [4.69, 9.17) is 9.47 Å². The van der Waals surface area contributed by atoms with E-state index in [0.29, 0.717) is 12.2 Å². The Morgan fingerprint density at radius 1 is 1.20 bits per heavy atom. The highest BCUT2D eigenvalue weighted by atomic mass is 32.1. The molecule has 4 rings (SSSR count). The number of hydrogen-bond donors (Lipinski definition) is 1. The van der Waals surface area contributed by atoms with Gasteiger partial charge in [0.05, 0.1) is 12.5 Å². The lowest BCUT2D eigenvalue weighted by Crippen LogP contribution is -2.31. The van der Waals surface area contributed by atoms with E-state index in [9.17, 15) is 4.79 Å². The van der Waals surface area contributed by atoms with Crippen molar-refractivity contribution in [1.82, 2.24) is 10.3 Å². The molecule has 1 aromatic carbocycles. The predicted molar refractivity (Wildman–Crippen MR) is 97.3 cm³/mol. The van der Waals surface area contributed by atoms with Gasteiger partial charge in [0.15, 0.2) is 11.5 Å². The maximum absolute atomic E-state index is 12.5. The number of amides is 1. The first-order valence-corrected chi connectivity index (χ1v) is 9.68. The zero-order valence-electron chi connectivity index (χ0n) is 13.3. The molecule has 2 aromatic heterocycles. The summed E-state index contributed by atoms with van der Waals surface area (Å²) in [6.45, 7) is 0.234. The molecule has 0 spiro atoms. The number of ether oxygens (including phenoxy) is 2. The van der Waals surface area contributed by atoms with Crippen LogP contribution in [0.4, 0.5) is 0 Å². The average molecular weight is 372 g/mol. The van der Waals surface area contributed by atoms with Crippen LogP contribution >= 0.6 is 22.7 Å². The van der Waals surface area contributed by atoms with Crippen LogP contribution < -0.4 is 14.8 Å². The highest BCUT2D eigenvalue weighted by Crippen LogP contribution is 2.32. The molecule has 7 heteroatoms. The number of hydrogen-bond acceptors (Lipinski definition) is 6. The number of rotatable bonds is 6. The van der Waals surface area contributed by atoms with E-state index < -0.39 is 0 Å². The van der Waals surface area contributed by atoms with E-state index in [-0.39, 0.29) is 18.7 Å². The molecular weight excluding hydrogens is 356 g/mol. The number of thiophene rings is 1. The summed E-state index contributed by atoms with van der Waals surface area (Å²) in [5.41, 5.74) is 2.10. The predicted octanol–water partition coefficient (Wildman–Crippen LogP) is 3.58. The van der Waals surface area contributed by atoms with Gasteiger partial charge in [0, 0.05) is 18.0 Å². The van der Waals surface area contributed by atoms with E-state index in [1.54, 1.807) is 28.9 Å². The van der Waals surface area contributed by atoms with Crippen molar-refractivity contribution in [3.05, 3.63) is 62.7 Å². The molecule has 1 amide bonds. The minimum atomic E-state index is -0.115. The lowest BCUT2D eigenvalue weighted by atomic mass is 10.1. The summed E-state index contributed by atoms with van der Waals surface area (Å²) in [5.74, 6) is 1.39. The largest absolute Gasteiger partial charge is 0.454 e. The monoisotopic (exact) mass is 372 g/mol. The summed E-state index contributed by atoms with van der Waals surface area (Å²) in [7, 11) is 0. The Labute approximate surface area is 153 Å². The van der Waals surface area contributed by atoms with Gasteiger partial charge in [0.25, 0.3) is 0 Å². The van der Waals surface area contributed by atoms with Crippen LogP contribution in [-0.2, 0) is 17.6 Å². The normalized spacial score (nSPS) is 13.6. The Morgan fingerprint density at radius 3 is 2.92 bits per heavy atom. The van der Waals surface area contributed by atoms with E-state index in [1.807, 2.05) is 29.0 Å². The van der Waals surface area contributed by atoms with Gasteiger partial charge in [-0.15, -0.1) is 11.3 Å². The van der Waals surface area contributed by atoms with Gasteiger partial charge in [0.1, 0.15) is 5.01 Å². The van der Waals surface area contributed by atoms with Crippen LogP contribution in [0.3, 0.4) is 0 Å². The van der Waals surface area contributed by atoms with Crippen LogP contribution in [0.5, 0.6) is 11.5 Å². The summed E-state index contributed by atoms with van der Waals surface area (Å²) in [5, 5.41) is 10.1. The second-order valence-corrected chi connectivity index (χ2v) is 7.40. The van der Waals surface area contributed by atoms with Gasteiger partial charge < -0.3 is 14.8 Å². The van der Waals surface area contributed by atoms with Gasteiger partial charge in [-0.25, -0.2) is 4.98 Å². The fourth-order valence-electron chi connectivity index (χ4n) is 2.73. The third-order valence-corrected chi connectivity index (χ3v) is 5.53. The van der Waals surface area contributed by atoms with Crippen LogP contribution in [0.25, 0.3) is 0 Å². The number of nitrogens with zero attached hydrogens (tertiary/aromatic N) is 1. The second kappa shape index (κ2) is 7.25. The van der Waals surface area contributed by atoms with Crippen LogP contribution in [-0.4, -0.2) is 17.7 Å². The number of aromatic nitrogens is 1. The highest BCUT2D eigenvalue weighted by Gasteiger charge is 2.19. The van der Waals surface area contributed by atoms with Crippen molar-refractivity contribution in [2.75, 3.05) is 6.79 Å². The molecule has 1 aliphatic rings. The molecule has 3 aromatic rings. The summed E-state index contributed by atoms with van der Waals surface area (Å²) in [6, 6.07) is 7.56. The average Bonchev–Trinajstić information content (AvgIpc) is 3.36. The molecule has 0 aliphatic carbocycles. The summed E-state index contributed by atoms with van der Waals surface area (Å²) >= 11 is 3.21. The van der Waals surface area contributed by atoms with Gasteiger partial charge in [-0.2, -0.15) is 11.3 Å². The second-order valence-electron chi connectivity index (χ2n) is 5.69. The van der Waals surface area contributed by atoms with Crippen molar-refractivity contribution < 1.29 is 14.3 Å². The van der Waals surface area contributed by atoms with Crippen molar-refractivity contribution in [3.63, 3.8) is 0 Å². The molecule has 1 aliphatic heterocycles. The fourth-order valence-corrected chi connectivity index (χ4v) is 4.10. The van der Waals surface area contributed by atoms with Crippen LogP contribution in [0, 0.1) is 0 Å². The molecule has 1 N–H and O–H groups in total. The Kier molecular flexibility index (Phi) is 4.67. The summed E-state index contributed by atoms with van der Waals surface area (Å²) in [4.78, 5) is 16.9. The molecule has 0 saturated carbocycles. The maximum atomic E-state index is 12.5. The summed E-state index contributed by atoms with van der Waals surface area (Å²) < 4.78 is 10.7. The standard InChI is InChI=1S/C18H16N2O3S2/c21-17(9-12-1-2-15-16(8-12)23-11-22-15)20-14(18-19-4-6-25-18)7-13-3-5-24-10-13/h1-6,8,10,14H,7,9,11H2,(H,20,21)/t14-/m1/s1. The lowest BCUT2D eigenvalue weighted by molar-refractivity contribution is -0.121. The topological polar surface area (TPSA) is 60.5 Å². The Hall–Kier alpha value is -2.38. The lowest BCUT2D eigenvalue weighted by Gasteiger charge is -2.16. The van der Waals surface area contributed by atoms with Gasteiger partial charge in [-0.1, -0.05) is 6.07 Å². The number of nitrogens with one attached hydrogen (secondary N) is 1. The number of fused-ring (bicyclic) bond motifs is 1. The molecule has 0 radical (unpaired) electrons.